The van der Waals surface area contributed by atoms with Crippen molar-refractivity contribution in [2.24, 2.45) is 5.92 Å². The summed E-state index contributed by atoms with van der Waals surface area (Å²) < 4.78 is 0. The van der Waals surface area contributed by atoms with Gasteiger partial charge in [-0.05, 0) is 35.6 Å². The first kappa shape index (κ1) is 15.3. The largest absolute Gasteiger partial charge is 0.508 e. The smallest absolute Gasteiger partial charge is 0.208 e. The highest BCUT2D eigenvalue weighted by molar-refractivity contribution is 5.47. The molecule has 0 spiro atoms. The third-order valence-electron chi connectivity index (χ3n) is 5.23. The maximum absolute atomic E-state index is 10.9. The molecule has 1 atom stereocenters. The molecule has 1 aliphatic heterocycles. The second-order valence-electron chi connectivity index (χ2n) is 6.72. The second-order valence-corrected chi connectivity index (χ2v) is 6.72. The third kappa shape index (κ3) is 3.61. The highest BCUT2D eigenvalue weighted by Gasteiger charge is 2.26. The standard InChI is InChI=1S/C18H26N2O2/c21-13-19-18-11-15-6-7-17(22)10-16(15)12-20(18)9-8-14-4-2-1-3-5-14/h6-7,10,13-14,18,22H,1-5,8-9,11-12H2,(H,19,21)/t18-/m1/s1. The second kappa shape index (κ2) is 7.14. The number of fused-ring (bicyclic) bond motifs is 1. The zero-order valence-electron chi connectivity index (χ0n) is 13.1. The fourth-order valence-electron chi connectivity index (χ4n) is 3.93. The molecule has 0 bridgehead atoms. The van der Waals surface area contributed by atoms with E-state index in [9.17, 15) is 9.90 Å². The lowest BCUT2D eigenvalue weighted by molar-refractivity contribution is -0.111. The van der Waals surface area contributed by atoms with Gasteiger partial charge in [0.05, 0.1) is 6.17 Å². The number of carbonyl (C=O) groups is 1. The van der Waals surface area contributed by atoms with Gasteiger partial charge in [-0.1, -0.05) is 38.2 Å². The first-order valence-corrected chi connectivity index (χ1v) is 8.51. The summed E-state index contributed by atoms with van der Waals surface area (Å²) in [6, 6.07) is 5.57. The molecule has 0 saturated heterocycles. The summed E-state index contributed by atoms with van der Waals surface area (Å²) in [6.07, 6.45) is 9.77. The van der Waals surface area contributed by atoms with Crippen molar-refractivity contribution in [3.8, 4) is 5.75 Å². The van der Waals surface area contributed by atoms with Gasteiger partial charge in [-0.25, -0.2) is 0 Å². The summed E-state index contributed by atoms with van der Waals surface area (Å²) in [5.41, 5.74) is 2.42. The first-order chi connectivity index (χ1) is 10.8. The molecule has 4 nitrogen and oxygen atoms in total. The summed E-state index contributed by atoms with van der Waals surface area (Å²) in [6.45, 7) is 1.83. The maximum Gasteiger partial charge on any atom is 0.208 e. The molecule has 1 aromatic rings. The van der Waals surface area contributed by atoms with E-state index in [4.69, 9.17) is 0 Å². The monoisotopic (exact) mass is 302 g/mol. The lowest BCUT2D eigenvalue weighted by Gasteiger charge is -2.37. The van der Waals surface area contributed by atoms with E-state index in [1.807, 2.05) is 12.1 Å². The average Bonchev–Trinajstić information content (AvgIpc) is 2.54. The topological polar surface area (TPSA) is 52.6 Å². The number of hydrogen-bond donors (Lipinski definition) is 2. The van der Waals surface area contributed by atoms with Crippen LogP contribution in [-0.4, -0.2) is 29.1 Å². The molecule has 2 N–H and O–H groups in total. The molecule has 3 rings (SSSR count). The zero-order chi connectivity index (χ0) is 15.4. The van der Waals surface area contributed by atoms with Gasteiger partial charge in [0.15, 0.2) is 0 Å². The predicted octanol–water partition coefficient (Wildman–Crippen LogP) is 2.79. The van der Waals surface area contributed by atoms with Gasteiger partial charge in [0, 0.05) is 19.5 Å². The third-order valence-corrected chi connectivity index (χ3v) is 5.23. The number of benzene rings is 1. The van der Waals surface area contributed by atoms with Crippen molar-refractivity contribution >= 4 is 6.41 Å². The number of amides is 1. The lowest BCUT2D eigenvalue weighted by atomic mass is 9.86. The van der Waals surface area contributed by atoms with Crippen LogP contribution in [0.2, 0.25) is 0 Å². The quantitative estimate of drug-likeness (QED) is 0.822. The van der Waals surface area contributed by atoms with Crippen LogP contribution < -0.4 is 5.32 Å². The minimum Gasteiger partial charge on any atom is -0.508 e. The van der Waals surface area contributed by atoms with Crippen LogP contribution in [0.5, 0.6) is 5.75 Å². The molecule has 1 aromatic carbocycles. The van der Waals surface area contributed by atoms with Crippen LogP contribution in [0.4, 0.5) is 0 Å². The van der Waals surface area contributed by atoms with Crippen LogP contribution in [0.25, 0.3) is 0 Å². The van der Waals surface area contributed by atoms with Gasteiger partial charge < -0.3 is 10.4 Å². The Kier molecular flexibility index (Phi) is 4.98. The first-order valence-electron chi connectivity index (χ1n) is 8.51. The Morgan fingerprint density at radius 1 is 1.23 bits per heavy atom. The summed E-state index contributed by atoms with van der Waals surface area (Å²) in [7, 11) is 0. The number of rotatable bonds is 5. The molecule has 0 radical (unpaired) electrons. The van der Waals surface area contributed by atoms with Crippen LogP contribution in [0.3, 0.4) is 0 Å². The lowest BCUT2D eigenvalue weighted by Crippen LogP contribution is -2.49. The number of hydrogen-bond acceptors (Lipinski definition) is 3. The van der Waals surface area contributed by atoms with Gasteiger partial charge in [-0.15, -0.1) is 0 Å². The molecule has 0 unspecified atom stereocenters. The normalized spacial score (nSPS) is 23.0. The maximum atomic E-state index is 10.9. The van der Waals surface area contributed by atoms with E-state index < -0.39 is 0 Å². The fraction of sp³-hybridized carbons (Fsp3) is 0.611. The molecule has 1 aliphatic carbocycles. The minimum absolute atomic E-state index is 0.0816. The molecule has 0 aromatic heterocycles. The van der Waals surface area contributed by atoms with Crippen molar-refractivity contribution in [1.82, 2.24) is 10.2 Å². The van der Waals surface area contributed by atoms with Crippen LogP contribution >= 0.6 is 0 Å². The molecule has 2 aliphatic rings. The van der Waals surface area contributed by atoms with Crippen LogP contribution in [0.1, 0.15) is 49.7 Å². The molecule has 1 saturated carbocycles. The zero-order valence-corrected chi connectivity index (χ0v) is 13.1. The Morgan fingerprint density at radius 3 is 2.82 bits per heavy atom. The highest BCUT2D eigenvalue weighted by atomic mass is 16.3. The minimum atomic E-state index is 0.0816. The van der Waals surface area contributed by atoms with Crippen molar-refractivity contribution in [1.29, 1.82) is 0 Å². The van der Waals surface area contributed by atoms with E-state index in [1.165, 1.54) is 49.7 Å². The van der Waals surface area contributed by atoms with Crippen molar-refractivity contribution in [2.45, 2.75) is 57.7 Å². The summed E-state index contributed by atoms with van der Waals surface area (Å²) in [5.74, 6) is 1.17. The molecule has 1 fully saturated rings. The van der Waals surface area contributed by atoms with E-state index in [-0.39, 0.29) is 6.17 Å². The van der Waals surface area contributed by atoms with Gasteiger partial charge >= 0.3 is 0 Å². The van der Waals surface area contributed by atoms with E-state index >= 15 is 0 Å². The SMILES string of the molecule is O=CN[C@H]1Cc2ccc(O)cc2CN1CCC1CCCCC1. The van der Waals surface area contributed by atoms with E-state index in [2.05, 4.69) is 10.2 Å². The van der Waals surface area contributed by atoms with Gasteiger partial charge in [0.2, 0.25) is 6.41 Å². The summed E-state index contributed by atoms with van der Waals surface area (Å²) in [4.78, 5) is 13.3. The van der Waals surface area contributed by atoms with Gasteiger partial charge in [0.25, 0.3) is 0 Å². The fourth-order valence-corrected chi connectivity index (χ4v) is 3.93. The molecule has 1 heterocycles. The number of nitrogens with one attached hydrogen (secondary N) is 1. The number of carbonyl (C=O) groups excluding carboxylic acids is 1. The summed E-state index contributed by atoms with van der Waals surface area (Å²) in [5, 5.41) is 12.6. The Bertz CT molecular complexity index is 512. The number of phenolic OH excluding ortho intramolecular Hbond substituents is 1. The Labute approximate surface area is 132 Å². The van der Waals surface area contributed by atoms with Crippen molar-refractivity contribution < 1.29 is 9.90 Å². The van der Waals surface area contributed by atoms with Gasteiger partial charge in [0.1, 0.15) is 5.75 Å². The van der Waals surface area contributed by atoms with Crippen molar-refractivity contribution in [2.75, 3.05) is 6.54 Å². The molecule has 4 heteroatoms. The molecular weight excluding hydrogens is 276 g/mol. The van der Waals surface area contributed by atoms with Crippen LogP contribution in [0.15, 0.2) is 18.2 Å². The van der Waals surface area contributed by atoms with E-state index in [1.54, 1.807) is 6.07 Å². The molecule has 1 amide bonds. The van der Waals surface area contributed by atoms with Crippen LogP contribution in [0, 0.1) is 5.92 Å². The van der Waals surface area contributed by atoms with Crippen LogP contribution in [-0.2, 0) is 17.8 Å². The summed E-state index contributed by atoms with van der Waals surface area (Å²) >= 11 is 0. The Morgan fingerprint density at radius 2 is 2.05 bits per heavy atom. The molecule has 120 valence electrons. The molecule has 22 heavy (non-hydrogen) atoms. The molecular formula is C18H26N2O2. The number of aromatic hydroxyl groups is 1. The predicted molar refractivity (Wildman–Crippen MR) is 86.4 cm³/mol. The number of nitrogens with zero attached hydrogens (tertiary/aromatic N) is 1. The number of phenols is 1. The highest BCUT2D eigenvalue weighted by Crippen LogP contribution is 2.29. The average molecular weight is 302 g/mol. The van der Waals surface area contributed by atoms with Crippen molar-refractivity contribution in [3.05, 3.63) is 29.3 Å². The Hall–Kier alpha value is -1.55. The van der Waals surface area contributed by atoms with Gasteiger partial charge in [-0.2, -0.15) is 0 Å². The Balaban J connectivity index is 1.66. The van der Waals surface area contributed by atoms with Gasteiger partial charge in [-0.3, -0.25) is 9.69 Å². The van der Waals surface area contributed by atoms with E-state index in [0.29, 0.717) is 5.75 Å². The van der Waals surface area contributed by atoms with E-state index in [0.717, 1.165) is 31.8 Å². The van der Waals surface area contributed by atoms with Crippen molar-refractivity contribution in [3.63, 3.8) is 0 Å².